The van der Waals surface area contributed by atoms with E-state index in [1.165, 1.54) is 0 Å². The SMILES string of the molecule is c1ccc2ncc(-c3ccc(-c4nc(-c5ccc(-c6cnc7ccccc7c6)cc5)c5ccccc5n4)cc3)cc2c1. The summed E-state index contributed by atoms with van der Waals surface area (Å²) in [7, 11) is 0. The quantitative estimate of drug-likeness (QED) is 0.225. The van der Waals surface area contributed by atoms with Crippen LogP contribution in [0.1, 0.15) is 0 Å². The summed E-state index contributed by atoms with van der Waals surface area (Å²) in [5.74, 6) is 0.703. The topological polar surface area (TPSA) is 51.6 Å². The summed E-state index contributed by atoms with van der Waals surface area (Å²) >= 11 is 0. The third-order valence-corrected chi connectivity index (χ3v) is 7.75. The maximum atomic E-state index is 5.09. The van der Waals surface area contributed by atoms with Crippen molar-refractivity contribution in [2.75, 3.05) is 0 Å². The van der Waals surface area contributed by atoms with E-state index in [-0.39, 0.29) is 0 Å². The van der Waals surface area contributed by atoms with Crippen LogP contribution < -0.4 is 0 Å². The van der Waals surface area contributed by atoms with Gasteiger partial charge in [-0.25, -0.2) is 9.97 Å². The fourth-order valence-electron chi connectivity index (χ4n) is 5.52. The van der Waals surface area contributed by atoms with Crippen molar-refractivity contribution in [1.29, 1.82) is 0 Å². The first-order chi connectivity index (χ1) is 20.8. The zero-order chi connectivity index (χ0) is 27.9. The van der Waals surface area contributed by atoms with E-state index >= 15 is 0 Å². The molecule has 0 atom stereocenters. The lowest BCUT2D eigenvalue weighted by molar-refractivity contribution is 1.23. The lowest BCUT2D eigenvalue weighted by Crippen LogP contribution is -1.95. The summed E-state index contributed by atoms with van der Waals surface area (Å²) in [6, 6.07) is 45.9. The maximum absolute atomic E-state index is 5.09. The van der Waals surface area contributed by atoms with Gasteiger partial charge < -0.3 is 0 Å². The normalized spacial score (nSPS) is 11.3. The molecule has 4 nitrogen and oxygen atoms in total. The number of benzene rings is 5. The van der Waals surface area contributed by atoms with Gasteiger partial charge in [0.15, 0.2) is 5.82 Å². The molecule has 0 radical (unpaired) electrons. The van der Waals surface area contributed by atoms with Crippen LogP contribution in [0, 0.1) is 0 Å². The zero-order valence-electron chi connectivity index (χ0n) is 22.6. The van der Waals surface area contributed by atoms with Crippen LogP contribution in [0.2, 0.25) is 0 Å². The van der Waals surface area contributed by atoms with Crippen LogP contribution >= 0.6 is 0 Å². The summed E-state index contributed by atoms with van der Waals surface area (Å²) in [6.45, 7) is 0. The number of pyridine rings is 2. The minimum atomic E-state index is 0.703. The molecule has 4 heteroatoms. The number of fused-ring (bicyclic) bond motifs is 3. The van der Waals surface area contributed by atoms with E-state index in [1.54, 1.807) is 0 Å². The Morgan fingerprint density at radius 3 is 1.43 bits per heavy atom. The predicted molar refractivity (Wildman–Crippen MR) is 172 cm³/mol. The molecule has 8 rings (SSSR count). The van der Waals surface area contributed by atoms with Crippen LogP contribution in [0.25, 0.3) is 77.6 Å². The number of aromatic nitrogens is 4. The van der Waals surface area contributed by atoms with E-state index in [1.807, 2.05) is 67.0 Å². The van der Waals surface area contributed by atoms with E-state index in [2.05, 4.69) is 88.8 Å². The summed E-state index contributed by atoms with van der Waals surface area (Å²) in [5, 5.41) is 3.29. The fraction of sp³-hybridized carbons (Fsp3) is 0. The monoisotopic (exact) mass is 536 g/mol. The number of hydrogen-bond donors (Lipinski definition) is 0. The van der Waals surface area contributed by atoms with Gasteiger partial charge in [-0.15, -0.1) is 0 Å². The van der Waals surface area contributed by atoms with Crippen LogP contribution in [-0.2, 0) is 0 Å². The third-order valence-electron chi connectivity index (χ3n) is 7.75. The highest BCUT2D eigenvalue weighted by Gasteiger charge is 2.12. The van der Waals surface area contributed by atoms with E-state index in [9.17, 15) is 0 Å². The van der Waals surface area contributed by atoms with Gasteiger partial charge in [0.1, 0.15) is 0 Å². The molecule has 0 aliphatic heterocycles. The standard InChI is InChI=1S/C38H24N4/c1-4-10-34-29(7-1)21-31(23-39-34)25-13-17-27(18-14-25)37-33-9-3-6-12-36(33)41-38(42-37)28-19-15-26(16-20-28)32-22-30-8-2-5-11-35(30)40-24-32/h1-24H. The lowest BCUT2D eigenvalue weighted by Gasteiger charge is -2.11. The highest BCUT2D eigenvalue weighted by Crippen LogP contribution is 2.32. The molecule has 3 aromatic heterocycles. The van der Waals surface area contributed by atoms with Gasteiger partial charge in [-0.1, -0.05) is 103 Å². The molecule has 8 aromatic rings. The summed E-state index contributed by atoms with van der Waals surface area (Å²) in [4.78, 5) is 19.3. The molecule has 0 saturated carbocycles. The minimum Gasteiger partial charge on any atom is -0.256 e. The first-order valence-electron chi connectivity index (χ1n) is 14.0. The van der Waals surface area contributed by atoms with Gasteiger partial charge in [0, 0.05) is 50.8 Å². The second kappa shape index (κ2) is 10.0. The fourth-order valence-corrected chi connectivity index (χ4v) is 5.52. The second-order valence-corrected chi connectivity index (χ2v) is 10.4. The van der Waals surface area contributed by atoms with Crippen LogP contribution in [0.5, 0.6) is 0 Å². The largest absolute Gasteiger partial charge is 0.256 e. The molecule has 196 valence electrons. The molecule has 0 N–H and O–H groups in total. The van der Waals surface area contributed by atoms with Crippen molar-refractivity contribution in [2.24, 2.45) is 0 Å². The van der Waals surface area contributed by atoms with Crippen molar-refractivity contribution >= 4 is 32.7 Å². The third kappa shape index (κ3) is 4.36. The highest BCUT2D eigenvalue weighted by molar-refractivity contribution is 5.94. The average molecular weight is 537 g/mol. The van der Waals surface area contributed by atoms with E-state index in [0.717, 1.165) is 71.8 Å². The molecule has 0 unspecified atom stereocenters. The molecule has 0 aliphatic carbocycles. The van der Waals surface area contributed by atoms with Crippen LogP contribution in [0.4, 0.5) is 0 Å². The van der Waals surface area contributed by atoms with E-state index in [4.69, 9.17) is 9.97 Å². The Morgan fingerprint density at radius 2 is 0.833 bits per heavy atom. The van der Waals surface area contributed by atoms with Crippen molar-refractivity contribution < 1.29 is 0 Å². The van der Waals surface area contributed by atoms with Crippen molar-refractivity contribution in [2.45, 2.75) is 0 Å². The molecule has 0 amide bonds. The Labute approximate surface area is 243 Å². The van der Waals surface area contributed by atoms with Crippen molar-refractivity contribution in [3.05, 3.63) is 146 Å². The molecule has 3 heterocycles. The van der Waals surface area contributed by atoms with Crippen LogP contribution in [-0.4, -0.2) is 19.9 Å². The van der Waals surface area contributed by atoms with Gasteiger partial charge in [-0.3, -0.25) is 9.97 Å². The Balaban J connectivity index is 1.16. The van der Waals surface area contributed by atoms with Crippen LogP contribution in [0.15, 0.2) is 146 Å². The van der Waals surface area contributed by atoms with Gasteiger partial charge in [0.05, 0.1) is 22.2 Å². The summed E-state index contributed by atoms with van der Waals surface area (Å²) < 4.78 is 0. The summed E-state index contributed by atoms with van der Waals surface area (Å²) in [6.07, 6.45) is 3.87. The number of rotatable bonds is 4. The Hall–Kier alpha value is -5.74. The van der Waals surface area contributed by atoms with Gasteiger partial charge in [-0.05, 0) is 41.5 Å². The molecular weight excluding hydrogens is 512 g/mol. The maximum Gasteiger partial charge on any atom is 0.160 e. The lowest BCUT2D eigenvalue weighted by atomic mass is 10.0. The van der Waals surface area contributed by atoms with Gasteiger partial charge in [0.2, 0.25) is 0 Å². The minimum absolute atomic E-state index is 0.703. The highest BCUT2D eigenvalue weighted by atomic mass is 14.9. The van der Waals surface area contributed by atoms with Gasteiger partial charge >= 0.3 is 0 Å². The first kappa shape index (κ1) is 24.1. The summed E-state index contributed by atoms with van der Waals surface area (Å²) in [5.41, 5.74) is 10.3. The molecule has 0 aliphatic rings. The van der Waals surface area contributed by atoms with Crippen molar-refractivity contribution in [3.63, 3.8) is 0 Å². The Bertz CT molecular complexity index is 2240. The molecule has 5 aromatic carbocycles. The predicted octanol–water partition coefficient (Wildman–Crippen LogP) is 9.39. The number of para-hydroxylation sites is 3. The number of nitrogens with zero attached hydrogens (tertiary/aromatic N) is 4. The Kier molecular flexibility index (Phi) is 5.75. The molecule has 0 fully saturated rings. The molecule has 0 spiro atoms. The molecular formula is C38H24N4. The van der Waals surface area contributed by atoms with Gasteiger partial charge in [-0.2, -0.15) is 0 Å². The average Bonchev–Trinajstić information content (AvgIpc) is 3.07. The van der Waals surface area contributed by atoms with Crippen LogP contribution in [0.3, 0.4) is 0 Å². The smallest absolute Gasteiger partial charge is 0.160 e. The van der Waals surface area contributed by atoms with Crippen molar-refractivity contribution in [3.8, 4) is 44.9 Å². The van der Waals surface area contributed by atoms with E-state index in [0.29, 0.717) is 5.82 Å². The molecule has 42 heavy (non-hydrogen) atoms. The Morgan fingerprint density at radius 1 is 0.357 bits per heavy atom. The molecule has 0 saturated heterocycles. The van der Waals surface area contributed by atoms with Gasteiger partial charge in [0.25, 0.3) is 0 Å². The van der Waals surface area contributed by atoms with Crippen molar-refractivity contribution in [1.82, 2.24) is 19.9 Å². The zero-order valence-corrected chi connectivity index (χ0v) is 22.6. The second-order valence-electron chi connectivity index (χ2n) is 10.4. The number of hydrogen-bond acceptors (Lipinski definition) is 4. The van der Waals surface area contributed by atoms with E-state index < -0.39 is 0 Å². The molecule has 0 bridgehead atoms. The first-order valence-corrected chi connectivity index (χ1v) is 14.0.